The summed E-state index contributed by atoms with van der Waals surface area (Å²) >= 11 is 0. The van der Waals surface area contributed by atoms with Crippen molar-refractivity contribution in [3.8, 4) is 0 Å². The summed E-state index contributed by atoms with van der Waals surface area (Å²) in [6.45, 7) is 2.06. The molecule has 0 unspecified atom stereocenters. The molecule has 0 spiro atoms. The Morgan fingerprint density at radius 3 is 2.18 bits per heavy atom. The number of benzene rings is 2. The molecule has 1 aliphatic carbocycles. The average molecular weight is 374 g/mol. The van der Waals surface area contributed by atoms with Crippen molar-refractivity contribution in [2.24, 2.45) is 0 Å². The van der Waals surface area contributed by atoms with Gasteiger partial charge in [-0.05, 0) is 61.1 Å². The van der Waals surface area contributed by atoms with Crippen LogP contribution in [0.25, 0.3) is 0 Å². The van der Waals surface area contributed by atoms with Crippen LogP contribution >= 0.6 is 0 Å². The van der Waals surface area contributed by atoms with Gasteiger partial charge in [0.1, 0.15) is 0 Å². The van der Waals surface area contributed by atoms with Crippen molar-refractivity contribution in [1.82, 2.24) is 9.97 Å². The molecule has 1 fully saturated rings. The lowest BCUT2D eigenvalue weighted by Crippen LogP contribution is -2.30. The van der Waals surface area contributed by atoms with Gasteiger partial charge in [0.2, 0.25) is 0 Å². The Bertz CT molecular complexity index is 1060. The SMILES string of the molecule is Cc1ccccc1Cc1c(=O)[nH]c(=O)[nH]c1[C@H]1CC[C@H](c2ccccc2)CC1. The molecule has 1 aromatic heterocycles. The number of hydrogen-bond donors (Lipinski definition) is 2. The number of nitrogens with one attached hydrogen (secondary N) is 2. The van der Waals surface area contributed by atoms with Crippen LogP contribution in [0, 0.1) is 6.92 Å². The van der Waals surface area contributed by atoms with E-state index in [1.807, 2.05) is 18.2 Å². The number of rotatable bonds is 4. The molecule has 1 heterocycles. The van der Waals surface area contributed by atoms with E-state index in [0.29, 0.717) is 17.9 Å². The minimum absolute atomic E-state index is 0.231. The van der Waals surface area contributed by atoms with Crippen molar-refractivity contribution < 1.29 is 0 Å². The molecular formula is C24H26N2O2. The van der Waals surface area contributed by atoms with E-state index >= 15 is 0 Å². The monoisotopic (exact) mass is 374 g/mol. The highest BCUT2D eigenvalue weighted by molar-refractivity contribution is 5.34. The average Bonchev–Trinajstić information content (AvgIpc) is 2.72. The van der Waals surface area contributed by atoms with Crippen LogP contribution in [0.3, 0.4) is 0 Å². The van der Waals surface area contributed by atoms with Gasteiger partial charge in [0.05, 0.1) is 0 Å². The van der Waals surface area contributed by atoms with Crippen LogP contribution in [0.4, 0.5) is 0 Å². The fourth-order valence-electron chi connectivity index (χ4n) is 4.49. The first-order valence-corrected chi connectivity index (χ1v) is 10.1. The van der Waals surface area contributed by atoms with Crippen LogP contribution in [0.5, 0.6) is 0 Å². The molecule has 144 valence electrons. The Kier molecular flexibility index (Phi) is 5.29. The fraction of sp³-hybridized carbons (Fsp3) is 0.333. The van der Waals surface area contributed by atoms with Gasteiger partial charge < -0.3 is 4.98 Å². The molecule has 0 aliphatic heterocycles. The van der Waals surface area contributed by atoms with Gasteiger partial charge in [-0.3, -0.25) is 9.78 Å². The highest BCUT2D eigenvalue weighted by Crippen LogP contribution is 2.40. The maximum Gasteiger partial charge on any atom is 0.325 e. The summed E-state index contributed by atoms with van der Waals surface area (Å²) in [5, 5.41) is 0. The van der Waals surface area contributed by atoms with Crippen LogP contribution < -0.4 is 11.2 Å². The third-order valence-electron chi connectivity index (χ3n) is 6.11. The van der Waals surface area contributed by atoms with Crippen molar-refractivity contribution >= 4 is 0 Å². The normalized spacial score (nSPS) is 19.5. The minimum Gasteiger partial charge on any atom is -0.311 e. The second-order valence-corrected chi connectivity index (χ2v) is 7.86. The summed E-state index contributed by atoms with van der Waals surface area (Å²) in [4.78, 5) is 30.0. The highest BCUT2D eigenvalue weighted by Gasteiger charge is 2.27. The zero-order valence-electron chi connectivity index (χ0n) is 16.2. The number of aromatic nitrogens is 2. The van der Waals surface area contributed by atoms with Gasteiger partial charge in [-0.1, -0.05) is 54.6 Å². The smallest absolute Gasteiger partial charge is 0.311 e. The van der Waals surface area contributed by atoms with E-state index < -0.39 is 5.69 Å². The summed E-state index contributed by atoms with van der Waals surface area (Å²) < 4.78 is 0. The zero-order chi connectivity index (χ0) is 19.5. The van der Waals surface area contributed by atoms with Crippen LogP contribution in [0.15, 0.2) is 64.2 Å². The number of aromatic amines is 2. The van der Waals surface area contributed by atoms with Gasteiger partial charge in [-0.25, -0.2) is 4.79 Å². The van der Waals surface area contributed by atoms with Crippen molar-refractivity contribution in [3.05, 3.63) is 103 Å². The molecule has 0 amide bonds. The molecule has 4 nitrogen and oxygen atoms in total. The molecular weight excluding hydrogens is 348 g/mol. The van der Waals surface area contributed by atoms with E-state index in [1.165, 1.54) is 5.56 Å². The molecule has 0 bridgehead atoms. The Morgan fingerprint density at radius 2 is 1.46 bits per heavy atom. The molecule has 4 heteroatoms. The fourth-order valence-corrected chi connectivity index (χ4v) is 4.49. The van der Waals surface area contributed by atoms with Crippen LogP contribution in [-0.2, 0) is 6.42 Å². The van der Waals surface area contributed by atoms with E-state index in [2.05, 4.69) is 53.3 Å². The van der Waals surface area contributed by atoms with Crippen molar-refractivity contribution in [2.75, 3.05) is 0 Å². The number of aryl methyl sites for hydroxylation is 1. The summed E-state index contributed by atoms with van der Waals surface area (Å²) in [6, 6.07) is 18.7. The number of hydrogen-bond acceptors (Lipinski definition) is 2. The molecule has 0 atom stereocenters. The lowest BCUT2D eigenvalue weighted by Gasteiger charge is -2.29. The van der Waals surface area contributed by atoms with E-state index in [-0.39, 0.29) is 11.5 Å². The molecule has 4 rings (SSSR count). The molecule has 0 radical (unpaired) electrons. The topological polar surface area (TPSA) is 65.7 Å². The van der Waals surface area contributed by atoms with E-state index in [9.17, 15) is 9.59 Å². The first-order chi connectivity index (χ1) is 13.6. The van der Waals surface area contributed by atoms with Crippen LogP contribution in [0.1, 0.15) is 65.5 Å². The molecule has 1 aliphatic rings. The lowest BCUT2D eigenvalue weighted by molar-refractivity contribution is 0.388. The molecule has 3 aromatic rings. The third-order valence-corrected chi connectivity index (χ3v) is 6.11. The van der Waals surface area contributed by atoms with Crippen molar-refractivity contribution in [2.45, 2.75) is 50.9 Å². The summed E-state index contributed by atoms with van der Waals surface area (Å²) in [5.41, 5.74) is 4.55. The molecule has 1 saturated carbocycles. The second kappa shape index (κ2) is 8.01. The Hall–Kier alpha value is -2.88. The maximum atomic E-state index is 12.6. The maximum absolute atomic E-state index is 12.6. The molecule has 2 N–H and O–H groups in total. The predicted molar refractivity (Wildman–Crippen MR) is 112 cm³/mol. The summed E-state index contributed by atoms with van der Waals surface area (Å²) in [5.74, 6) is 0.792. The van der Waals surface area contributed by atoms with E-state index in [0.717, 1.165) is 42.5 Å². The largest absolute Gasteiger partial charge is 0.325 e. The third kappa shape index (κ3) is 3.86. The molecule has 2 aromatic carbocycles. The Morgan fingerprint density at radius 1 is 0.821 bits per heavy atom. The lowest BCUT2D eigenvalue weighted by atomic mass is 9.76. The number of H-pyrrole nitrogens is 2. The quantitative estimate of drug-likeness (QED) is 0.711. The van der Waals surface area contributed by atoms with Gasteiger partial charge in [-0.2, -0.15) is 0 Å². The van der Waals surface area contributed by atoms with Gasteiger partial charge >= 0.3 is 5.69 Å². The molecule has 0 saturated heterocycles. The summed E-state index contributed by atoms with van der Waals surface area (Å²) in [7, 11) is 0. The zero-order valence-corrected chi connectivity index (χ0v) is 16.2. The van der Waals surface area contributed by atoms with Gasteiger partial charge in [-0.15, -0.1) is 0 Å². The Balaban J connectivity index is 1.60. The van der Waals surface area contributed by atoms with E-state index in [4.69, 9.17) is 0 Å². The first kappa shape index (κ1) is 18.5. The summed E-state index contributed by atoms with van der Waals surface area (Å²) in [6.07, 6.45) is 4.67. The van der Waals surface area contributed by atoms with Crippen molar-refractivity contribution in [1.29, 1.82) is 0 Å². The van der Waals surface area contributed by atoms with E-state index in [1.54, 1.807) is 0 Å². The van der Waals surface area contributed by atoms with Crippen LogP contribution in [-0.4, -0.2) is 9.97 Å². The molecule has 28 heavy (non-hydrogen) atoms. The van der Waals surface area contributed by atoms with Crippen LogP contribution in [0.2, 0.25) is 0 Å². The standard InChI is InChI=1S/C24H26N2O2/c1-16-7-5-6-10-20(16)15-21-22(25-24(28)26-23(21)27)19-13-11-18(12-14-19)17-8-3-2-4-9-17/h2-10,18-19H,11-15H2,1H3,(H2,25,26,27,28)/t18-,19-. The highest BCUT2D eigenvalue weighted by atomic mass is 16.2. The van der Waals surface area contributed by atoms with Crippen molar-refractivity contribution in [3.63, 3.8) is 0 Å². The van der Waals surface area contributed by atoms with Gasteiger partial charge in [0.15, 0.2) is 0 Å². The second-order valence-electron chi connectivity index (χ2n) is 7.86. The van der Waals surface area contributed by atoms with Gasteiger partial charge in [0.25, 0.3) is 5.56 Å². The predicted octanol–water partition coefficient (Wildman–Crippen LogP) is 4.40. The minimum atomic E-state index is -0.404. The Labute approximate surface area is 164 Å². The van der Waals surface area contributed by atoms with Gasteiger partial charge in [0, 0.05) is 17.7 Å². The first-order valence-electron chi connectivity index (χ1n) is 10.1.